The lowest BCUT2D eigenvalue weighted by Gasteiger charge is -2.37. The molecule has 2 fully saturated rings. The molecular weight excluding hydrogens is 350 g/mol. The van der Waals surface area contributed by atoms with Gasteiger partial charge in [0.15, 0.2) is 0 Å². The third-order valence-electron chi connectivity index (χ3n) is 5.53. The van der Waals surface area contributed by atoms with Crippen molar-refractivity contribution >= 4 is 15.9 Å². The van der Waals surface area contributed by atoms with E-state index in [1.54, 1.807) is 12.1 Å². The molecule has 1 atom stereocenters. The van der Waals surface area contributed by atoms with E-state index in [4.69, 9.17) is 0 Å². The summed E-state index contributed by atoms with van der Waals surface area (Å²) in [6.07, 6.45) is 3.54. The van der Waals surface area contributed by atoms with Crippen molar-refractivity contribution in [1.82, 2.24) is 14.1 Å². The Morgan fingerprint density at radius 1 is 1.04 bits per heavy atom. The van der Waals surface area contributed by atoms with Crippen molar-refractivity contribution in [1.29, 1.82) is 0 Å². The third kappa shape index (κ3) is 4.27. The van der Waals surface area contributed by atoms with Crippen LogP contribution in [0.1, 0.15) is 31.7 Å². The summed E-state index contributed by atoms with van der Waals surface area (Å²) in [5, 5.41) is 0. The van der Waals surface area contributed by atoms with E-state index in [-0.39, 0.29) is 5.91 Å². The molecule has 144 valence electrons. The minimum absolute atomic E-state index is 0.117. The molecule has 1 aromatic carbocycles. The van der Waals surface area contributed by atoms with Crippen LogP contribution in [0.2, 0.25) is 0 Å². The van der Waals surface area contributed by atoms with E-state index < -0.39 is 10.0 Å². The molecule has 0 N–H and O–H groups in total. The van der Waals surface area contributed by atoms with Crippen LogP contribution in [0.25, 0.3) is 0 Å². The van der Waals surface area contributed by atoms with Crippen molar-refractivity contribution in [2.45, 2.75) is 44.0 Å². The largest absolute Gasteiger partial charge is 0.339 e. The highest BCUT2D eigenvalue weighted by atomic mass is 32.2. The maximum Gasteiger partial charge on any atom is 0.243 e. The number of benzene rings is 1. The minimum Gasteiger partial charge on any atom is -0.339 e. The van der Waals surface area contributed by atoms with Gasteiger partial charge in [-0.15, -0.1) is 0 Å². The Morgan fingerprint density at radius 2 is 1.69 bits per heavy atom. The number of amides is 1. The lowest BCUT2D eigenvalue weighted by Crippen LogP contribution is -2.53. The Morgan fingerprint density at radius 3 is 2.31 bits per heavy atom. The van der Waals surface area contributed by atoms with Crippen LogP contribution >= 0.6 is 0 Å². The molecule has 7 heteroatoms. The van der Waals surface area contributed by atoms with Gasteiger partial charge in [-0.25, -0.2) is 8.42 Å². The van der Waals surface area contributed by atoms with Gasteiger partial charge >= 0.3 is 0 Å². The second kappa shape index (κ2) is 8.06. The van der Waals surface area contributed by atoms with Gasteiger partial charge in [-0.1, -0.05) is 24.1 Å². The molecule has 1 amide bonds. The number of carbonyl (C=O) groups is 1. The SMILES string of the molecule is Cc1ccc(S(=O)(=O)N2CCN(C(=O)CN3CCCC[C@@H]3C)CC2)cc1. The first kappa shape index (κ1) is 19.3. The lowest BCUT2D eigenvalue weighted by atomic mass is 10.0. The lowest BCUT2D eigenvalue weighted by molar-refractivity contribution is -0.134. The van der Waals surface area contributed by atoms with Crippen molar-refractivity contribution in [3.63, 3.8) is 0 Å². The normalized spacial score (nSPS) is 23.2. The molecule has 0 saturated carbocycles. The summed E-state index contributed by atoms with van der Waals surface area (Å²) < 4.78 is 27.0. The standard InChI is InChI=1S/C19H29N3O3S/c1-16-6-8-18(9-7-16)26(24,25)22-13-11-20(12-14-22)19(23)15-21-10-4-3-5-17(21)2/h6-9,17H,3-5,10-15H2,1-2H3/t17-/m0/s1. The molecule has 26 heavy (non-hydrogen) atoms. The van der Waals surface area contributed by atoms with Crippen molar-refractivity contribution in [3.8, 4) is 0 Å². The molecule has 0 unspecified atom stereocenters. The topological polar surface area (TPSA) is 60.9 Å². The number of carbonyl (C=O) groups excluding carboxylic acids is 1. The highest BCUT2D eigenvalue weighted by molar-refractivity contribution is 7.89. The van der Waals surface area contributed by atoms with Crippen molar-refractivity contribution < 1.29 is 13.2 Å². The zero-order chi connectivity index (χ0) is 18.7. The summed E-state index contributed by atoms with van der Waals surface area (Å²) in [4.78, 5) is 17.0. The minimum atomic E-state index is -3.48. The van der Waals surface area contributed by atoms with Crippen LogP contribution in [0, 0.1) is 6.92 Å². The van der Waals surface area contributed by atoms with Crippen LogP contribution in [-0.2, 0) is 14.8 Å². The van der Waals surface area contributed by atoms with Crippen LogP contribution in [0.3, 0.4) is 0 Å². The third-order valence-corrected chi connectivity index (χ3v) is 7.44. The van der Waals surface area contributed by atoms with Gasteiger partial charge < -0.3 is 4.90 Å². The number of piperidine rings is 1. The summed E-state index contributed by atoms with van der Waals surface area (Å²) >= 11 is 0. The molecule has 1 aromatic rings. The molecule has 6 nitrogen and oxygen atoms in total. The summed E-state index contributed by atoms with van der Waals surface area (Å²) in [7, 11) is -3.48. The maximum atomic E-state index is 12.7. The van der Waals surface area contributed by atoms with E-state index in [1.165, 1.54) is 10.7 Å². The Hall–Kier alpha value is -1.44. The average Bonchev–Trinajstić information content (AvgIpc) is 2.64. The average molecular weight is 380 g/mol. The first-order chi connectivity index (χ1) is 12.4. The predicted octanol–water partition coefficient (Wildman–Crippen LogP) is 1.70. The summed E-state index contributed by atoms with van der Waals surface area (Å²) in [6.45, 7) is 7.19. The molecule has 0 aliphatic carbocycles. The Bertz CT molecular complexity index is 725. The Labute approximate surface area is 156 Å². The van der Waals surface area contributed by atoms with E-state index in [1.807, 2.05) is 24.0 Å². The van der Waals surface area contributed by atoms with Gasteiger partial charge in [-0.3, -0.25) is 9.69 Å². The number of sulfonamides is 1. The second-order valence-corrected chi connectivity index (χ2v) is 9.35. The van der Waals surface area contributed by atoms with E-state index in [2.05, 4.69) is 11.8 Å². The fourth-order valence-corrected chi connectivity index (χ4v) is 5.13. The van der Waals surface area contributed by atoms with Gasteiger partial charge in [-0.05, 0) is 45.4 Å². The number of aryl methyl sites for hydroxylation is 1. The van der Waals surface area contributed by atoms with Crippen molar-refractivity contribution in [3.05, 3.63) is 29.8 Å². The fraction of sp³-hybridized carbons (Fsp3) is 0.632. The molecule has 2 heterocycles. The molecular formula is C19H29N3O3S. The van der Waals surface area contributed by atoms with Gasteiger partial charge in [0.1, 0.15) is 0 Å². The monoisotopic (exact) mass is 379 g/mol. The van der Waals surface area contributed by atoms with Crippen LogP contribution in [0.5, 0.6) is 0 Å². The molecule has 0 aromatic heterocycles. The summed E-state index contributed by atoms with van der Waals surface area (Å²) in [5.41, 5.74) is 1.03. The van der Waals surface area contributed by atoms with Crippen LogP contribution < -0.4 is 0 Å². The van der Waals surface area contributed by atoms with E-state index in [9.17, 15) is 13.2 Å². The maximum absolute atomic E-state index is 12.7. The number of piperazine rings is 1. The summed E-state index contributed by atoms with van der Waals surface area (Å²) in [5.74, 6) is 0.117. The first-order valence-corrected chi connectivity index (χ1v) is 10.9. The zero-order valence-electron chi connectivity index (χ0n) is 15.7. The molecule has 0 bridgehead atoms. The predicted molar refractivity (Wildman–Crippen MR) is 101 cm³/mol. The molecule has 2 saturated heterocycles. The molecule has 0 radical (unpaired) electrons. The van der Waals surface area contributed by atoms with E-state index >= 15 is 0 Å². The van der Waals surface area contributed by atoms with Crippen molar-refractivity contribution in [2.75, 3.05) is 39.3 Å². The number of hydrogen-bond donors (Lipinski definition) is 0. The Kier molecular flexibility index (Phi) is 5.99. The van der Waals surface area contributed by atoms with Crippen LogP contribution in [0.15, 0.2) is 29.2 Å². The van der Waals surface area contributed by atoms with E-state index in [0.717, 1.165) is 24.9 Å². The zero-order valence-corrected chi connectivity index (χ0v) is 16.5. The highest BCUT2D eigenvalue weighted by Gasteiger charge is 2.31. The number of likely N-dealkylation sites (tertiary alicyclic amines) is 1. The van der Waals surface area contributed by atoms with Gasteiger partial charge in [0.25, 0.3) is 0 Å². The van der Waals surface area contributed by atoms with Crippen molar-refractivity contribution in [2.24, 2.45) is 0 Å². The molecule has 3 rings (SSSR count). The Balaban J connectivity index is 1.56. The smallest absolute Gasteiger partial charge is 0.243 e. The molecule has 2 aliphatic heterocycles. The van der Waals surface area contributed by atoms with Gasteiger partial charge in [0.05, 0.1) is 11.4 Å². The van der Waals surface area contributed by atoms with Gasteiger partial charge in [0, 0.05) is 32.2 Å². The fourth-order valence-electron chi connectivity index (χ4n) is 3.70. The number of hydrogen-bond acceptors (Lipinski definition) is 4. The second-order valence-electron chi connectivity index (χ2n) is 7.41. The number of nitrogens with zero attached hydrogens (tertiary/aromatic N) is 3. The quantitative estimate of drug-likeness (QED) is 0.799. The number of rotatable bonds is 4. The van der Waals surface area contributed by atoms with Gasteiger partial charge in [0.2, 0.25) is 15.9 Å². The van der Waals surface area contributed by atoms with E-state index in [0.29, 0.717) is 43.7 Å². The molecule has 0 spiro atoms. The van der Waals surface area contributed by atoms with Crippen LogP contribution in [0.4, 0.5) is 0 Å². The summed E-state index contributed by atoms with van der Waals surface area (Å²) in [6, 6.07) is 7.38. The first-order valence-electron chi connectivity index (χ1n) is 9.46. The highest BCUT2D eigenvalue weighted by Crippen LogP contribution is 2.19. The van der Waals surface area contributed by atoms with Gasteiger partial charge in [-0.2, -0.15) is 4.31 Å². The van der Waals surface area contributed by atoms with Crippen LogP contribution in [-0.4, -0.2) is 73.7 Å². The molecule has 2 aliphatic rings.